The highest BCUT2D eigenvalue weighted by Gasteiger charge is 2.38. The number of H-pyrrole nitrogens is 1. The molecule has 1 heterocycles. The fourth-order valence-electron chi connectivity index (χ4n) is 3.12. The number of nitrogens with one attached hydrogen (secondary N) is 1. The lowest BCUT2D eigenvalue weighted by Crippen LogP contribution is -2.42. The number of alkyl halides is 1. The van der Waals surface area contributed by atoms with Crippen molar-refractivity contribution in [2.75, 3.05) is 13.6 Å². The Morgan fingerprint density at radius 1 is 1.23 bits per heavy atom. The summed E-state index contributed by atoms with van der Waals surface area (Å²) in [6.07, 6.45) is 0.0609. The van der Waals surface area contributed by atoms with Crippen molar-refractivity contribution < 1.29 is 28.6 Å². The molecule has 2 rings (SSSR count). The van der Waals surface area contributed by atoms with Gasteiger partial charge in [-0.25, -0.2) is 9.59 Å². The maximum Gasteiger partial charge on any atom is 0.410 e. The van der Waals surface area contributed by atoms with E-state index in [1.165, 1.54) is 11.8 Å². The van der Waals surface area contributed by atoms with Gasteiger partial charge in [-0.15, -0.1) is 0 Å². The van der Waals surface area contributed by atoms with Gasteiger partial charge in [-0.1, -0.05) is 18.2 Å². The second kappa shape index (κ2) is 9.72. The van der Waals surface area contributed by atoms with Gasteiger partial charge in [0, 0.05) is 30.7 Å². The van der Waals surface area contributed by atoms with Gasteiger partial charge in [0.15, 0.2) is 10.6 Å². The number of esters is 1. The van der Waals surface area contributed by atoms with Gasteiger partial charge in [0.2, 0.25) is 0 Å². The van der Waals surface area contributed by atoms with Crippen molar-refractivity contribution in [3.63, 3.8) is 0 Å². The van der Waals surface area contributed by atoms with Gasteiger partial charge in [-0.3, -0.25) is 4.79 Å². The molecule has 1 amide bonds. The molecule has 31 heavy (non-hydrogen) atoms. The minimum Gasteiger partial charge on any atom is -0.457 e. The molecular weight excluding hydrogens is 468 g/mol. The number of fused-ring (bicyclic) bond motifs is 1. The lowest BCUT2D eigenvalue weighted by molar-refractivity contribution is -0.164. The van der Waals surface area contributed by atoms with Crippen LogP contribution in [0.25, 0.3) is 10.9 Å². The van der Waals surface area contributed by atoms with Crippen molar-refractivity contribution in [3.05, 3.63) is 36.0 Å². The van der Waals surface area contributed by atoms with Crippen LogP contribution in [0.2, 0.25) is 0 Å². The number of aromatic amines is 1. The maximum atomic E-state index is 12.6. The molecule has 3 atom stereocenters. The largest absolute Gasteiger partial charge is 0.457 e. The third-order valence-corrected chi connectivity index (χ3v) is 5.42. The number of amides is 1. The fourth-order valence-corrected chi connectivity index (χ4v) is 3.59. The van der Waals surface area contributed by atoms with Crippen molar-refractivity contribution in [1.29, 1.82) is 0 Å². The lowest BCUT2D eigenvalue weighted by atomic mass is 9.93. The van der Waals surface area contributed by atoms with E-state index in [0.29, 0.717) is 6.47 Å². The Labute approximate surface area is 190 Å². The van der Waals surface area contributed by atoms with E-state index < -0.39 is 34.2 Å². The smallest absolute Gasteiger partial charge is 0.410 e. The Balaban J connectivity index is 2.21. The number of hydrogen-bond donors (Lipinski definition) is 1. The first kappa shape index (κ1) is 24.7. The number of carbonyl (C=O) groups excluding carboxylic acids is 3. The van der Waals surface area contributed by atoms with Gasteiger partial charge in [0.1, 0.15) is 5.60 Å². The molecule has 0 fully saturated rings. The Bertz CT molecular complexity index is 933. The molecule has 0 saturated heterocycles. The van der Waals surface area contributed by atoms with Crippen molar-refractivity contribution in [3.8, 4) is 0 Å². The normalized spacial score (nSPS) is 15.5. The minimum absolute atomic E-state index is 0.150. The Kier molecular flexibility index (Phi) is 7.75. The molecule has 0 radical (unpaired) electrons. The van der Waals surface area contributed by atoms with E-state index in [9.17, 15) is 14.4 Å². The molecular formula is C22H29BrN2O6. The molecule has 0 aliphatic heterocycles. The Morgan fingerprint density at radius 2 is 1.87 bits per heavy atom. The molecule has 1 aromatic heterocycles. The van der Waals surface area contributed by atoms with Crippen LogP contribution in [-0.4, -0.2) is 58.2 Å². The predicted molar refractivity (Wildman–Crippen MR) is 120 cm³/mol. The van der Waals surface area contributed by atoms with Gasteiger partial charge in [-0.05, 0) is 62.2 Å². The summed E-state index contributed by atoms with van der Waals surface area (Å²) in [5.74, 6) is -1.07. The first-order valence-corrected chi connectivity index (χ1v) is 10.7. The summed E-state index contributed by atoms with van der Waals surface area (Å²) in [4.78, 5) is 40.4. The van der Waals surface area contributed by atoms with Crippen LogP contribution < -0.4 is 0 Å². The Morgan fingerprint density at radius 3 is 2.48 bits per heavy atom. The molecule has 1 aromatic carbocycles. The topological polar surface area (TPSA) is 97.9 Å². The van der Waals surface area contributed by atoms with Crippen LogP contribution in [0.1, 0.15) is 46.1 Å². The zero-order chi connectivity index (χ0) is 23.4. The standard InChI is InChI=1S/C22H29BrN2O6/c1-14(19(27)31-21(2,3)4)30-20(28)25(6)12-17(22(5,23)29-13-26)16-11-24-18-10-8-7-9-15(16)18/h7-11,13-14,17,24H,12H2,1-6H3. The van der Waals surface area contributed by atoms with Crippen LogP contribution in [0.5, 0.6) is 0 Å². The first-order chi connectivity index (χ1) is 14.4. The molecule has 1 N–H and O–H groups in total. The number of halogens is 1. The average Bonchev–Trinajstić information content (AvgIpc) is 3.07. The molecule has 3 unspecified atom stereocenters. The second-order valence-corrected chi connectivity index (χ2v) is 10.1. The van der Waals surface area contributed by atoms with Crippen LogP contribution in [0.3, 0.4) is 0 Å². The molecule has 0 saturated carbocycles. The van der Waals surface area contributed by atoms with Crippen molar-refractivity contribution in [2.45, 2.75) is 56.8 Å². The van der Waals surface area contributed by atoms with Crippen LogP contribution >= 0.6 is 15.9 Å². The van der Waals surface area contributed by atoms with Gasteiger partial charge >= 0.3 is 12.1 Å². The van der Waals surface area contributed by atoms with Crippen molar-refractivity contribution >= 4 is 45.4 Å². The van der Waals surface area contributed by atoms with Crippen LogP contribution in [-0.2, 0) is 23.8 Å². The molecule has 9 heteroatoms. The van der Waals surface area contributed by atoms with Crippen molar-refractivity contribution in [1.82, 2.24) is 9.88 Å². The number of ether oxygens (including phenoxy) is 3. The summed E-state index contributed by atoms with van der Waals surface area (Å²) in [6.45, 7) is 8.89. The summed E-state index contributed by atoms with van der Waals surface area (Å²) in [5.41, 5.74) is 1.09. The number of nitrogens with zero attached hydrogens (tertiary/aromatic N) is 1. The lowest BCUT2D eigenvalue weighted by Gasteiger charge is -2.33. The highest BCUT2D eigenvalue weighted by molar-refractivity contribution is 9.10. The number of rotatable bonds is 8. The number of aromatic nitrogens is 1. The summed E-state index contributed by atoms with van der Waals surface area (Å²) < 4.78 is 14.7. The zero-order valence-electron chi connectivity index (χ0n) is 18.6. The van der Waals surface area contributed by atoms with Crippen molar-refractivity contribution in [2.24, 2.45) is 0 Å². The third kappa shape index (κ3) is 6.46. The second-order valence-electron chi connectivity index (χ2n) is 8.48. The fraction of sp³-hybridized carbons (Fsp3) is 0.500. The molecule has 0 spiro atoms. The molecule has 0 aliphatic carbocycles. The molecule has 170 valence electrons. The third-order valence-electron chi connectivity index (χ3n) is 4.68. The summed E-state index contributed by atoms with van der Waals surface area (Å²) in [6, 6.07) is 7.70. The highest BCUT2D eigenvalue weighted by atomic mass is 79.9. The van der Waals surface area contributed by atoms with E-state index in [2.05, 4.69) is 20.9 Å². The number of carbonyl (C=O) groups is 3. The van der Waals surface area contributed by atoms with Gasteiger partial charge in [-0.2, -0.15) is 0 Å². The summed E-state index contributed by atoms with van der Waals surface area (Å²) in [7, 11) is 1.55. The van der Waals surface area contributed by atoms with Crippen LogP contribution in [0.15, 0.2) is 30.5 Å². The van der Waals surface area contributed by atoms with E-state index in [1.54, 1.807) is 34.7 Å². The van der Waals surface area contributed by atoms with E-state index in [1.807, 2.05) is 30.5 Å². The van der Waals surface area contributed by atoms with Crippen LogP contribution in [0, 0.1) is 0 Å². The van der Waals surface area contributed by atoms with E-state index in [0.717, 1.165) is 16.5 Å². The number of likely N-dealkylation sites (N-methyl/N-ethyl adjacent to an activating group) is 1. The van der Waals surface area contributed by atoms with E-state index in [-0.39, 0.29) is 6.54 Å². The highest BCUT2D eigenvalue weighted by Crippen LogP contribution is 2.40. The molecule has 8 nitrogen and oxygen atoms in total. The summed E-state index contributed by atoms with van der Waals surface area (Å²) in [5, 5.41) is 0.941. The minimum atomic E-state index is -1.09. The quantitative estimate of drug-likeness (QED) is 0.252. The number of para-hydroxylation sites is 1. The SMILES string of the molecule is CC(OC(=O)N(C)CC(c1c[nH]c2ccccc12)C(C)(Br)OC=O)C(=O)OC(C)(C)C. The van der Waals surface area contributed by atoms with Gasteiger partial charge in [0.05, 0.1) is 5.92 Å². The number of benzene rings is 1. The molecule has 0 aliphatic rings. The molecule has 2 aromatic rings. The van der Waals surface area contributed by atoms with Gasteiger partial charge in [0.25, 0.3) is 6.47 Å². The zero-order valence-corrected chi connectivity index (χ0v) is 20.2. The summed E-state index contributed by atoms with van der Waals surface area (Å²) >= 11 is 3.48. The average molecular weight is 497 g/mol. The predicted octanol–water partition coefficient (Wildman–Crippen LogP) is 4.33. The van der Waals surface area contributed by atoms with Gasteiger partial charge < -0.3 is 24.1 Å². The van der Waals surface area contributed by atoms with E-state index >= 15 is 0 Å². The van der Waals surface area contributed by atoms with E-state index in [4.69, 9.17) is 14.2 Å². The first-order valence-electron chi connectivity index (χ1n) is 9.86. The molecule has 0 bridgehead atoms. The number of hydrogen-bond acceptors (Lipinski definition) is 6. The Hall–Kier alpha value is -2.55. The monoisotopic (exact) mass is 496 g/mol. The van der Waals surface area contributed by atoms with Crippen LogP contribution in [0.4, 0.5) is 4.79 Å². The maximum absolute atomic E-state index is 12.6.